The van der Waals surface area contributed by atoms with Gasteiger partial charge in [0.15, 0.2) is 4.34 Å². The number of hydrogen-bond donors (Lipinski definition) is 1. The second-order valence-electron chi connectivity index (χ2n) is 8.12. The molecule has 0 aliphatic heterocycles. The third-order valence-corrected chi connectivity index (χ3v) is 9.20. The van der Waals surface area contributed by atoms with Crippen LogP contribution in [0.1, 0.15) is 61.5 Å². The molecule has 1 aromatic heterocycles. The zero-order valence-electron chi connectivity index (χ0n) is 14.9. The first-order valence-corrected chi connectivity index (χ1v) is 11.9. The van der Waals surface area contributed by atoms with Crippen LogP contribution in [-0.2, 0) is 10.8 Å². The van der Waals surface area contributed by atoms with Crippen molar-refractivity contribution in [2.75, 3.05) is 12.3 Å². The summed E-state index contributed by atoms with van der Waals surface area (Å²) in [7, 11) is -1.07. The Morgan fingerprint density at radius 2 is 1.92 bits per heavy atom. The van der Waals surface area contributed by atoms with Gasteiger partial charge in [-0.1, -0.05) is 6.92 Å². The van der Waals surface area contributed by atoms with Gasteiger partial charge in [-0.05, 0) is 74.5 Å². The number of carbonyl (C=O) groups is 1. The molecule has 6 heteroatoms. The lowest BCUT2D eigenvalue weighted by atomic mass is 9.51. The first-order chi connectivity index (χ1) is 12.1. The SMILES string of the molecule is CCS(=O)c1ncc(C(=O)NCCCC2C3CC4CC(C3)CC2C4)s1. The Labute approximate surface area is 156 Å². The monoisotopic (exact) mass is 380 g/mol. The Morgan fingerprint density at radius 3 is 2.56 bits per heavy atom. The van der Waals surface area contributed by atoms with Crippen molar-refractivity contribution in [3.05, 3.63) is 11.1 Å². The van der Waals surface area contributed by atoms with Crippen LogP contribution in [0.25, 0.3) is 0 Å². The molecule has 0 radical (unpaired) electrons. The maximum absolute atomic E-state index is 12.2. The van der Waals surface area contributed by atoms with Gasteiger partial charge in [0.2, 0.25) is 0 Å². The third kappa shape index (κ3) is 3.70. The van der Waals surface area contributed by atoms with Crippen molar-refractivity contribution in [1.82, 2.24) is 10.3 Å². The minimum absolute atomic E-state index is 0.0677. The Balaban J connectivity index is 1.22. The summed E-state index contributed by atoms with van der Waals surface area (Å²) in [6, 6.07) is 0. The number of rotatable bonds is 7. The van der Waals surface area contributed by atoms with Crippen molar-refractivity contribution < 1.29 is 9.00 Å². The van der Waals surface area contributed by atoms with E-state index in [-0.39, 0.29) is 5.91 Å². The fourth-order valence-electron chi connectivity index (χ4n) is 5.73. The van der Waals surface area contributed by atoms with Crippen molar-refractivity contribution in [2.45, 2.75) is 56.2 Å². The van der Waals surface area contributed by atoms with Crippen LogP contribution in [-0.4, -0.2) is 27.4 Å². The molecule has 1 aromatic rings. The van der Waals surface area contributed by atoms with Gasteiger partial charge in [0.25, 0.3) is 5.91 Å². The van der Waals surface area contributed by atoms with E-state index in [2.05, 4.69) is 10.3 Å². The molecule has 4 fully saturated rings. The highest BCUT2D eigenvalue weighted by atomic mass is 32.2. The van der Waals surface area contributed by atoms with Crippen LogP contribution in [0.2, 0.25) is 0 Å². The van der Waals surface area contributed by atoms with E-state index in [1.165, 1.54) is 49.9 Å². The number of amides is 1. The zero-order chi connectivity index (χ0) is 17.4. The molecule has 25 heavy (non-hydrogen) atoms. The van der Waals surface area contributed by atoms with Crippen LogP contribution in [0.15, 0.2) is 10.5 Å². The quantitative estimate of drug-likeness (QED) is 0.731. The maximum atomic E-state index is 12.2. The molecule has 138 valence electrons. The van der Waals surface area contributed by atoms with E-state index >= 15 is 0 Å². The summed E-state index contributed by atoms with van der Waals surface area (Å²) in [5.74, 6) is 5.40. The summed E-state index contributed by atoms with van der Waals surface area (Å²) in [5.41, 5.74) is 0. The van der Waals surface area contributed by atoms with Crippen molar-refractivity contribution in [3.63, 3.8) is 0 Å². The van der Waals surface area contributed by atoms with Gasteiger partial charge in [-0.2, -0.15) is 0 Å². The molecule has 1 unspecified atom stereocenters. The first kappa shape index (κ1) is 17.7. The van der Waals surface area contributed by atoms with E-state index in [1.807, 2.05) is 6.92 Å². The van der Waals surface area contributed by atoms with Crippen LogP contribution >= 0.6 is 11.3 Å². The standard InChI is InChI=1S/C19H28N2O2S2/c1-2-25(23)19-21-11-17(24-19)18(22)20-5-3-4-16-14-7-12-6-13(9-14)10-15(16)8-12/h11-16H,2-10H2,1H3,(H,20,22). The number of nitrogens with one attached hydrogen (secondary N) is 1. The molecule has 4 saturated carbocycles. The summed E-state index contributed by atoms with van der Waals surface area (Å²) in [5, 5.41) is 3.02. The Morgan fingerprint density at radius 1 is 1.24 bits per heavy atom. The summed E-state index contributed by atoms with van der Waals surface area (Å²) in [4.78, 5) is 16.9. The van der Waals surface area contributed by atoms with Crippen LogP contribution in [0, 0.1) is 29.6 Å². The Bertz CT molecular complexity index is 630. The minimum atomic E-state index is -1.07. The molecular formula is C19H28N2O2S2. The molecule has 0 aromatic carbocycles. The number of aromatic nitrogens is 1. The number of carbonyl (C=O) groups excluding carboxylic acids is 1. The van der Waals surface area contributed by atoms with Crippen LogP contribution in [0.4, 0.5) is 0 Å². The van der Waals surface area contributed by atoms with Gasteiger partial charge >= 0.3 is 0 Å². The molecular weight excluding hydrogens is 352 g/mol. The van der Waals surface area contributed by atoms with E-state index in [0.29, 0.717) is 15.0 Å². The normalized spacial score (nSPS) is 34.2. The molecule has 1 atom stereocenters. The van der Waals surface area contributed by atoms with Crippen molar-refractivity contribution in [2.24, 2.45) is 29.6 Å². The van der Waals surface area contributed by atoms with Crippen molar-refractivity contribution >= 4 is 28.0 Å². The molecule has 1 N–H and O–H groups in total. The second kappa shape index (κ2) is 7.47. The lowest BCUT2D eigenvalue weighted by Gasteiger charge is -2.54. The average Bonchev–Trinajstić information content (AvgIpc) is 3.09. The van der Waals surface area contributed by atoms with Gasteiger partial charge in [-0.3, -0.25) is 9.00 Å². The molecule has 5 rings (SSSR count). The number of hydrogen-bond acceptors (Lipinski definition) is 4. The summed E-state index contributed by atoms with van der Waals surface area (Å²) in [6.07, 6.45) is 11.3. The van der Waals surface area contributed by atoms with Gasteiger partial charge < -0.3 is 5.32 Å². The summed E-state index contributed by atoms with van der Waals surface area (Å²) >= 11 is 1.26. The maximum Gasteiger partial charge on any atom is 0.263 e. The molecule has 0 spiro atoms. The third-order valence-electron chi connectivity index (χ3n) is 6.59. The van der Waals surface area contributed by atoms with Crippen LogP contribution < -0.4 is 5.32 Å². The van der Waals surface area contributed by atoms with Crippen LogP contribution in [0.3, 0.4) is 0 Å². The smallest absolute Gasteiger partial charge is 0.263 e. The van der Waals surface area contributed by atoms with E-state index in [9.17, 15) is 9.00 Å². The van der Waals surface area contributed by atoms with Gasteiger partial charge in [0.05, 0.1) is 17.0 Å². The molecule has 0 saturated heterocycles. The Hall–Kier alpha value is -0.750. The lowest BCUT2D eigenvalue weighted by Crippen LogP contribution is -2.45. The average molecular weight is 381 g/mol. The fraction of sp³-hybridized carbons (Fsp3) is 0.789. The second-order valence-corrected chi connectivity index (χ2v) is 11.1. The van der Waals surface area contributed by atoms with Crippen LogP contribution in [0.5, 0.6) is 0 Å². The number of thiazole rings is 1. The van der Waals surface area contributed by atoms with E-state index in [4.69, 9.17) is 0 Å². The van der Waals surface area contributed by atoms with Gasteiger partial charge in [-0.25, -0.2) is 4.98 Å². The molecule has 4 aliphatic rings. The molecule has 4 aliphatic carbocycles. The highest BCUT2D eigenvalue weighted by Crippen LogP contribution is 2.57. The summed E-state index contributed by atoms with van der Waals surface area (Å²) in [6.45, 7) is 2.60. The Kier molecular flexibility index (Phi) is 5.28. The number of nitrogens with zero attached hydrogens (tertiary/aromatic N) is 1. The predicted octanol–water partition coefficient (Wildman–Crippen LogP) is 3.85. The largest absolute Gasteiger partial charge is 0.351 e. The molecule has 1 amide bonds. The van der Waals surface area contributed by atoms with E-state index < -0.39 is 10.8 Å². The topological polar surface area (TPSA) is 59.1 Å². The van der Waals surface area contributed by atoms with Crippen molar-refractivity contribution in [3.8, 4) is 0 Å². The van der Waals surface area contributed by atoms with E-state index in [0.717, 1.165) is 42.6 Å². The molecule has 4 nitrogen and oxygen atoms in total. The van der Waals surface area contributed by atoms with Gasteiger partial charge in [0, 0.05) is 12.3 Å². The van der Waals surface area contributed by atoms with E-state index in [1.54, 1.807) is 6.20 Å². The highest BCUT2D eigenvalue weighted by Gasteiger charge is 2.47. The minimum Gasteiger partial charge on any atom is -0.351 e. The zero-order valence-corrected chi connectivity index (χ0v) is 16.5. The molecule has 4 bridgehead atoms. The van der Waals surface area contributed by atoms with Gasteiger partial charge in [-0.15, -0.1) is 11.3 Å². The highest BCUT2D eigenvalue weighted by molar-refractivity contribution is 7.87. The first-order valence-electron chi connectivity index (χ1n) is 9.76. The molecule has 1 heterocycles. The predicted molar refractivity (Wildman–Crippen MR) is 101 cm³/mol. The lowest BCUT2D eigenvalue weighted by molar-refractivity contribution is -0.0401. The van der Waals surface area contributed by atoms with Gasteiger partial charge in [0.1, 0.15) is 4.88 Å². The fourth-order valence-corrected chi connectivity index (χ4v) is 7.70. The summed E-state index contributed by atoms with van der Waals surface area (Å²) < 4.78 is 12.3. The van der Waals surface area contributed by atoms with Crippen molar-refractivity contribution in [1.29, 1.82) is 0 Å².